The second-order valence-electron chi connectivity index (χ2n) is 26.1. The third kappa shape index (κ3) is 34.5. The van der Waals surface area contributed by atoms with Gasteiger partial charge in [0, 0.05) is 19.3 Å². The van der Waals surface area contributed by atoms with Crippen LogP contribution in [-0.4, -0.2) is 34.5 Å². The molecule has 1 heterocycles. The minimum Gasteiger partial charge on any atom is -0.272 e. The molecule has 1 rings (SSSR count). The molecule has 75 heavy (non-hydrogen) atoms. The molecule has 0 fully saturated rings. The summed E-state index contributed by atoms with van der Waals surface area (Å²) in [6.45, 7) is 19.5. The highest BCUT2D eigenvalue weighted by Gasteiger charge is 2.68. The Hall–Kier alpha value is -0.370. The second-order valence-corrected chi connectivity index (χ2v) is 26.1. The van der Waals surface area contributed by atoms with Crippen LogP contribution in [0.2, 0.25) is 0 Å². The van der Waals surface area contributed by atoms with Crippen molar-refractivity contribution in [3.8, 4) is 0 Å². The summed E-state index contributed by atoms with van der Waals surface area (Å²) >= 11 is 0. The third-order valence-corrected chi connectivity index (χ3v) is 19.3. The Bertz CT molecular complexity index is 1090. The van der Waals surface area contributed by atoms with E-state index in [2.05, 4.69) is 48.5 Å². The highest BCUT2D eigenvalue weighted by molar-refractivity contribution is 5.79. The number of amidine groups is 1. The first-order valence-corrected chi connectivity index (χ1v) is 36.5. The van der Waals surface area contributed by atoms with Crippen molar-refractivity contribution in [1.29, 1.82) is 0 Å². The van der Waals surface area contributed by atoms with Crippen molar-refractivity contribution < 1.29 is 4.48 Å². The lowest BCUT2D eigenvalue weighted by Gasteiger charge is -2.56. The molecule has 0 saturated carbocycles. The van der Waals surface area contributed by atoms with Gasteiger partial charge >= 0.3 is 0 Å². The van der Waals surface area contributed by atoms with E-state index in [0.29, 0.717) is 0 Å². The van der Waals surface area contributed by atoms with E-state index in [4.69, 9.17) is 4.99 Å². The Morgan fingerprint density at radius 2 is 0.427 bits per heavy atom. The number of hydrogen-bond acceptors (Lipinski definition) is 1. The molecule has 0 aromatic carbocycles. The summed E-state index contributed by atoms with van der Waals surface area (Å²) in [4.78, 5) is 6.79. The molecule has 0 spiro atoms. The molecule has 2 nitrogen and oxygen atoms in total. The molecule has 0 saturated heterocycles. The molecular weight excluding hydrogens is 905 g/mol. The maximum atomic E-state index is 6.79. The Balaban J connectivity index is 4.05. The van der Waals surface area contributed by atoms with Crippen LogP contribution >= 0.6 is 0 Å². The highest BCUT2D eigenvalue weighted by Crippen LogP contribution is 2.56. The first-order chi connectivity index (χ1) is 37.0. The van der Waals surface area contributed by atoms with E-state index in [1.807, 2.05) is 0 Å². The lowest BCUT2D eigenvalue weighted by molar-refractivity contribution is -0.897. The lowest BCUT2D eigenvalue weighted by atomic mass is 9.64. The van der Waals surface area contributed by atoms with Gasteiger partial charge in [-0.1, -0.05) is 363 Å². The Morgan fingerprint density at radius 3 is 0.680 bits per heavy atom. The fourth-order valence-corrected chi connectivity index (χ4v) is 14.5. The normalized spacial score (nSPS) is 14.9. The molecule has 1 aliphatic rings. The van der Waals surface area contributed by atoms with Crippen molar-refractivity contribution in [2.75, 3.05) is 13.1 Å². The summed E-state index contributed by atoms with van der Waals surface area (Å²) in [7, 11) is 0. The lowest BCUT2D eigenvalue weighted by Crippen LogP contribution is -2.71. The van der Waals surface area contributed by atoms with Gasteiger partial charge in [0.05, 0.1) is 13.1 Å². The van der Waals surface area contributed by atoms with Gasteiger partial charge in [-0.2, -0.15) is 0 Å². The molecule has 0 unspecified atom stereocenters. The minimum atomic E-state index is 0.120. The molecular formula is C73H147N2+. The topological polar surface area (TPSA) is 12.4 Å². The third-order valence-electron chi connectivity index (χ3n) is 19.3. The first-order valence-electron chi connectivity index (χ1n) is 36.5. The van der Waals surface area contributed by atoms with Crippen molar-refractivity contribution in [3.63, 3.8) is 0 Å². The largest absolute Gasteiger partial charge is 0.272 e. The van der Waals surface area contributed by atoms with Gasteiger partial charge in [0.25, 0.3) is 0 Å². The first kappa shape index (κ1) is 72.6. The molecule has 2 heteroatoms. The van der Waals surface area contributed by atoms with Crippen LogP contribution in [-0.2, 0) is 0 Å². The van der Waals surface area contributed by atoms with Crippen molar-refractivity contribution >= 4 is 5.84 Å². The summed E-state index contributed by atoms with van der Waals surface area (Å²) in [6.07, 6.45) is 87.3. The van der Waals surface area contributed by atoms with Crippen LogP contribution in [0, 0.1) is 0 Å². The fourth-order valence-electron chi connectivity index (χ4n) is 14.5. The van der Waals surface area contributed by atoms with E-state index in [-0.39, 0.29) is 11.1 Å². The van der Waals surface area contributed by atoms with Gasteiger partial charge in [-0.15, -0.1) is 0 Å². The molecule has 448 valence electrons. The molecule has 0 aromatic heterocycles. The van der Waals surface area contributed by atoms with E-state index >= 15 is 0 Å². The van der Waals surface area contributed by atoms with Gasteiger partial charge in [0.15, 0.2) is 5.84 Å². The molecule has 1 aliphatic heterocycles. The zero-order valence-electron chi connectivity index (χ0n) is 53.9. The molecule has 0 radical (unpaired) electrons. The summed E-state index contributed by atoms with van der Waals surface area (Å²) in [5, 5.41) is 0. The van der Waals surface area contributed by atoms with E-state index in [1.54, 1.807) is 5.84 Å². The standard InChI is InChI=1S/C73H147N2/c1-8-15-22-29-36-43-50-57-64-71-74-72(65-58-51-44-37-30-23-16-9-2,66-59-52-45-38-31-24-17-10-3)73(67-60-53-46-39-32-25-18-11-4,68-61-54-47-40-33-26-19-12-5)75(71,69-62-55-48-41-34-27-20-13-6)70-63-56-49-42-35-28-21-14-7/h8-70H2,1-7H3/q+1. The fraction of sp³-hybridized carbons (Fsp3) is 0.986. The SMILES string of the molecule is CCCCCCCCCCC1=NC(CCCCCCCCCC)(CCCCCCCCCC)C(CCCCCCCCCC)(CCCCCCCCCC)[N+]1(CCCCCCCCCC)CCCCCCCCCC. The van der Waals surface area contributed by atoms with Crippen molar-refractivity contribution in [3.05, 3.63) is 0 Å². The number of rotatable bonds is 63. The number of unbranched alkanes of at least 4 members (excludes halogenated alkanes) is 49. The van der Waals surface area contributed by atoms with Crippen LogP contribution in [0.4, 0.5) is 0 Å². The molecule has 0 amide bonds. The van der Waals surface area contributed by atoms with Gasteiger partial charge in [0.2, 0.25) is 0 Å². The molecule has 0 bridgehead atoms. The van der Waals surface area contributed by atoms with Crippen LogP contribution in [0.5, 0.6) is 0 Å². The quantitative estimate of drug-likeness (QED) is 0.0425. The number of quaternary nitrogens is 1. The zero-order valence-corrected chi connectivity index (χ0v) is 53.9. The van der Waals surface area contributed by atoms with Gasteiger partial charge < -0.3 is 0 Å². The maximum Gasteiger partial charge on any atom is 0.199 e. The molecule has 0 N–H and O–H groups in total. The highest BCUT2D eigenvalue weighted by atomic mass is 15.5. The summed E-state index contributed by atoms with van der Waals surface area (Å²) in [6, 6.07) is 0. The van der Waals surface area contributed by atoms with E-state index in [9.17, 15) is 0 Å². The van der Waals surface area contributed by atoms with Crippen LogP contribution in [0.1, 0.15) is 440 Å². The predicted octanol–water partition coefficient (Wildman–Crippen LogP) is 26.6. The van der Waals surface area contributed by atoms with Gasteiger partial charge in [-0.3, -0.25) is 4.48 Å². The molecule has 0 aromatic rings. The number of hydrogen-bond donors (Lipinski definition) is 0. The Kier molecular flexibility index (Phi) is 52.5. The maximum absolute atomic E-state index is 6.79. The van der Waals surface area contributed by atoms with Gasteiger partial charge in [-0.05, 0) is 57.8 Å². The second kappa shape index (κ2) is 54.2. The minimum absolute atomic E-state index is 0.120. The monoisotopic (exact) mass is 1050 g/mol. The summed E-state index contributed by atoms with van der Waals surface area (Å²) in [5.41, 5.74) is 0.396. The van der Waals surface area contributed by atoms with Crippen LogP contribution in [0.3, 0.4) is 0 Å². The number of nitrogens with zero attached hydrogens (tertiary/aromatic N) is 2. The van der Waals surface area contributed by atoms with Gasteiger partial charge in [0.1, 0.15) is 11.1 Å². The smallest absolute Gasteiger partial charge is 0.199 e. The predicted molar refractivity (Wildman–Crippen MR) is 344 cm³/mol. The van der Waals surface area contributed by atoms with E-state index < -0.39 is 0 Å². The average Bonchev–Trinajstić information content (AvgIpc) is 3.62. The summed E-state index contributed by atoms with van der Waals surface area (Å²) < 4.78 is 1.36. The average molecular weight is 1050 g/mol. The van der Waals surface area contributed by atoms with E-state index in [1.165, 1.54) is 409 Å². The summed E-state index contributed by atoms with van der Waals surface area (Å²) in [5.74, 6) is 1.78. The molecule has 0 aliphatic carbocycles. The Morgan fingerprint density at radius 1 is 0.227 bits per heavy atom. The van der Waals surface area contributed by atoms with Crippen LogP contribution in [0.15, 0.2) is 4.99 Å². The number of aliphatic imine (C=N–C) groups is 1. The zero-order chi connectivity index (χ0) is 54.3. The molecule has 0 atom stereocenters. The Labute approximate surface area is 477 Å². The van der Waals surface area contributed by atoms with Crippen LogP contribution in [0.25, 0.3) is 0 Å². The van der Waals surface area contributed by atoms with Crippen LogP contribution < -0.4 is 0 Å². The van der Waals surface area contributed by atoms with Gasteiger partial charge in [-0.25, -0.2) is 4.99 Å². The van der Waals surface area contributed by atoms with E-state index in [0.717, 1.165) is 0 Å². The van der Waals surface area contributed by atoms with Crippen molar-refractivity contribution in [2.24, 2.45) is 4.99 Å². The van der Waals surface area contributed by atoms with Crippen molar-refractivity contribution in [2.45, 2.75) is 451 Å². The van der Waals surface area contributed by atoms with Crippen molar-refractivity contribution in [1.82, 2.24) is 0 Å².